The number of nitrogens with two attached hydrogens (primary N) is 1. The Bertz CT molecular complexity index is 641. The van der Waals surface area contributed by atoms with Crippen molar-refractivity contribution in [2.24, 2.45) is 0 Å². The highest BCUT2D eigenvalue weighted by atomic mass is 32.2. The average Bonchev–Trinajstić information content (AvgIpc) is 3.03. The van der Waals surface area contributed by atoms with Crippen LogP contribution in [-0.4, -0.2) is 34.5 Å². The van der Waals surface area contributed by atoms with Gasteiger partial charge in [0.15, 0.2) is 0 Å². The maximum Gasteiger partial charge on any atom is 0.147 e. The summed E-state index contributed by atoms with van der Waals surface area (Å²) in [5.74, 6) is 1.07. The first kappa shape index (κ1) is 18.9. The highest BCUT2D eigenvalue weighted by Crippen LogP contribution is 2.43. The van der Waals surface area contributed by atoms with E-state index in [2.05, 4.69) is 9.88 Å². The molecule has 1 fully saturated rings. The van der Waals surface area contributed by atoms with Crippen molar-refractivity contribution in [1.82, 2.24) is 9.88 Å². The fraction of sp³-hybridized carbons (Fsp3) is 0.500. The molecule has 2 aromatic rings. The second kappa shape index (κ2) is 7.94. The number of hydrogen-bond donors (Lipinski definition) is 1. The van der Waals surface area contributed by atoms with Crippen LogP contribution in [0.4, 0.5) is 5.69 Å². The molecule has 2 heterocycles. The van der Waals surface area contributed by atoms with Crippen LogP contribution in [0.15, 0.2) is 18.2 Å². The van der Waals surface area contributed by atoms with E-state index < -0.39 is 0 Å². The Balaban J connectivity index is 0.000000775. The van der Waals surface area contributed by atoms with E-state index in [0.717, 1.165) is 26.7 Å². The first-order chi connectivity index (χ1) is 10.1. The molecule has 22 heavy (non-hydrogen) atoms. The summed E-state index contributed by atoms with van der Waals surface area (Å²) in [6.07, 6.45) is 0. The van der Waals surface area contributed by atoms with Crippen molar-refractivity contribution in [3.05, 3.63) is 23.2 Å². The van der Waals surface area contributed by atoms with E-state index in [4.69, 9.17) is 5.73 Å². The summed E-state index contributed by atoms with van der Waals surface area (Å²) in [7, 11) is 2.00. The molecule has 0 bridgehead atoms. The van der Waals surface area contributed by atoms with Crippen molar-refractivity contribution in [2.45, 2.75) is 39.6 Å². The molecule has 1 aromatic carbocycles. The predicted molar refractivity (Wildman–Crippen MR) is 99.5 cm³/mol. The van der Waals surface area contributed by atoms with E-state index in [9.17, 15) is 4.79 Å². The summed E-state index contributed by atoms with van der Waals surface area (Å²) in [6, 6.07) is 5.79. The number of carbonyl (C=O) groups is 1. The van der Waals surface area contributed by atoms with Crippen LogP contribution in [-0.2, 0) is 4.79 Å². The molecule has 122 valence electrons. The molecule has 0 radical (unpaired) electrons. The molecular weight excluding hydrogens is 314 g/mol. The number of thioether (sulfide) groups is 1. The van der Waals surface area contributed by atoms with Gasteiger partial charge < -0.3 is 5.73 Å². The number of likely N-dealkylation sites (N-methyl/N-ethyl adjacent to an activating group) is 1. The predicted octanol–water partition coefficient (Wildman–Crippen LogP) is 4.18. The van der Waals surface area contributed by atoms with Gasteiger partial charge in [0.05, 0.1) is 16.3 Å². The number of ketones is 1. The lowest BCUT2D eigenvalue weighted by Gasteiger charge is -2.20. The first-order valence-corrected chi connectivity index (χ1v) is 8.93. The maximum absolute atomic E-state index is 11.6. The summed E-state index contributed by atoms with van der Waals surface area (Å²) >= 11 is 3.44. The SMILES string of the molecule is C.CC.CC(=O)C1CSC(c2nc3ccc(N)cc3s2)N1C. The summed E-state index contributed by atoms with van der Waals surface area (Å²) in [5.41, 5.74) is 7.54. The minimum absolute atomic E-state index is 0. The van der Waals surface area contributed by atoms with E-state index in [1.807, 2.05) is 39.1 Å². The van der Waals surface area contributed by atoms with Gasteiger partial charge in [-0.1, -0.05) is 21.3 Å². The molecule has 4 nitrogen and oxygen atoms in total. The van der Waals surface area contributed by atoms with Gasteiger partial charge in [-0.15, -0.1) is 23.1 Å². The number of rotatable bonds is 2. The third kappa shape index (κ3) is 3.62. The number of anilines is 1. The van der Waals surface area contributed by atoms with Gasteiger partial charge >= 0.3 is 0 Å². The third-order valence-electron chi connectivity index (χ3n) is 3.38. The highest BCUT2D eigenvalue weighted by molar-refractivity contribution is 7.99. The molecule has 3 rings (SSSR count). The number of hydrogen-bond acceptors (Lipinski definition) is 6. The largest absolute Gasteiger partial charge is 0.399 e. The minimum atomic E-state index is 0. The normalized spacial score (nSPS) is 21.1. The van der Waals surface area contributed by atoms with Crippen LogP contribution in [0.5, 0.6) is 0 Å². The van der Waals surface area contributed by atoms with Crippen LogP contribution in [0.1, 0.15) is 38.6 Å². The number of Topliss-reactive ketones (excluding diaryl/α,β-unsaturated/α-hetero) is 1. The second-order valence-electron chi connectivity index (χ2n) is 4.76. The topological polar surface area (TPSA) is 59.2 Å². The molecule has 2 atom stereocenters. The van der Waals surface area contributed by atoms with Crippen molar-refractivity contribution >= 4 is 44.8 Å². The van der Waals surface area contributed by atoms with Gasteiger partial charge in [0.25, 0.3) is 0 Å². The zero-order chi connectivity index (χ0) is 15.6. The Morgan fingerprint density at radius 1 is 1.41 bits per heavy atom. The molecule has 1 aromatic heterocycles. The number of fused-ring (bicyclic) bond motifs is 1. The van der Waals surface area contributed by atoms with Gasteiger partial charge in [-0.05, 0) is 32.2 Å². The summed E-state index contributed by atoms with van der Waals surface area (Å²) in [5, 5.41) is 1.23. The van der Waals surface area contributed by atoms with Crippen LogP contribution >= 0.6 is 23.1 Å². The van der Waals surface area contributed by atoms with Gasteiger partial charge in [0.2, 0.25) is 0 Å². The molecule has 0 saturated carbocycles. The molecule has 0 spiro atoms. The van der Waals surface area contributed by atoms with Crippen LogP contribution < -0.4 is 5.73 Å². The molecular formula is C16H25N3OS2. The second-order valence-corrected chi connectivity index (χ2v) is 6.93. The molecule has 1 aliphatic heterocycles. The fourth-order valence-electron chi connectivity index (χ4n) is 2.30. The number of nitrogen functional groups attached to an aromatic ring is 1. The van der Waals surface area contributed by atoms with E-state index >= 15 is 0 Å². The first-order valence-electron chi connectivity index (χ1n) is 7.06. The number of thiazole rings is 1. The molecule has 0 amide bonds. The van der Waals surface area contributed by atoms with Crippen molar-refractivity contribution < 1.29 is 4.79 Å². The van der Waals surface area contributed by atoms with Gasteiger partial charge in [-0.2, -0.15) is 0 Å². The number of aromatic nitrogens is 1. The molecule has 1 aliphatic rings. The van der Waals surface area contributed by atoms with E-state index in [1.165, 1.54) is 0 Å². The quantitative estimate of drug-likeness (QED) is 0.832. The van der Waals surface area contributed by atoms with Crippen LogP contribution in [0.3, 0.4) is 0 Å². The molecule has 1 saturated heterocycles. The minimum Gasteiger partial charge on any atom is -0.399 e. The summed E-state index contributed by atoms with van der Waals surface area (Å²) in [6.45, 7) is 5.66. The lowest BCUT2D eigenvalue weighted by molar-refractivity contribution is -0.120. The van der Waals surface area contributed by atoms with Gasteiger partial charge in [0, 0.05) is 11.4 Å². The zero-order valence-corrected chi connectivity index (χ0v) is 14.4. The summed E-state index contributed by atoms with van der Waals surface area (Å²) in [4.78, 5) is 18.3. The molecule has 6 heteroatoms. The van der Waals surface area contributed by atoms with E-state index in [0.29, 0.717) is 0 Å². The van der Waals surface area contributed by atoms with Crippen LogP contribution in [0, 0.1) is 0 Å². The zero-order valence-electron chi connectivity index (χ0n) is 12.8. The third-order valence-corrected chi connectivity index (χ3v) is 5.98. The van der Waals surface area contributed by atoms with Crippen molar-refractivity contribution in [3.63, 3.8) is 0 Å². The lowest BCUT2D eigenvalue weighted by Crippen LogP contribution is -2.34. The Morgan fingerprint density at radius 3 is 2.68 bits per heavy atom. The standard InChI is InChI=1S/C13H15N3OS2.C2H6.CH4/c1-7(17)10-6-18-13(16(10)2)12-15-9-4-3-8(14)5-11(9)19-12;1-2;/h3-5,10,13H,6,14H2,1-2H3;1-2H3;1H4. The number of carbonyl (C=O) groups excluding carboxylic acids is 1. The Hall–Kier alpha value is -1.11. The number of benzene rings is 1. The fourth-order valence-corrected chi connectivity index (χ4v) is 5.11. The van der Waals surface area contributed by atoms with Crippen molar-refractivity contribution in [3.8, 4) is 0 Å². The average molecular weight is 340 g/mol. The molecule has 2 N–H and O–H groups in total. The van der Waals surface area contributed by atoms with E-state index in [1.54, 1.807) is 30.0 Å². The Labute approximate surface area is 141 Å². The summed E-state index contributed by atoms with van der Waals surface area (Å²) < 4.78 is 1.11. The van der Waals surface area contributed by atoms with Crippen LogP contribution in [0.25, 0.3) is 10.2 Å². The Morgan fingerprint density at radius 2 is 2.09 bits per heavy atom. The van der Waals surface area contributed by atoms with Crippen molar-refractivity contribution in [1.29, 1.82) is 0 Å². The van der Waals surface area contributed by atoms with Crippen molar-refractivity contribution in [2.75, 3.05) is 18.5 Å². The van der Waals surface area contributed by atoms with Gasteiger partial charge in [0.1, 0.15) is 16.2 Å². The highest BCUT2D eigenvalue weighted by Gasteiger charge is 2.36. The lowest BCUT2D eigenvalue weighted by atomic mass is 10.2. The number of nitrogens with zero attached hydrogens (tertiary/aromatic N) is 2. The maximum atomic E-state index is 11.6. The Kier molecular flexibility index (Phi) is 6.84. The molecule has 0 aliphatic carbocycles. The smallest absolute Gasteiger partial charge is 0.147 e. The molecule has 2 unspecified atom stereocenters. The van der Waals surface area contributed by atoms with Crippen LogP contribution in [0.2, 0.25) is 0 Å². The van der Waals surface area contributed by atoms with Gasteiger partial charge in [-0.3, -0.25) is 9.69 Å². The van der Waals surface area contributed by atoms with Gasteiger partial charge in [-0.25, -0.2) is 4.98 Å². The monoisotopic (exact) mass is 339 g/mol. The van der Waals surface area contributed by atoms with E-state index in [-0.39, 0.29) is 24.6 Å².